The van der Waals surface area contributed by atoms with Crippen LogP contribution in [0.3, 0.4) is 0 Å². The second kappa shape index (κ2) is 11.7. The lowest BCUT2D eigenvalue weighted by Gasteiger charge is -2.28. The van der Waals surface area contributed by atoms with E-state index in [-0.39, 0.29) is 37.4 Å². The van der Waals surface area contributed by atoms with Crippen molar-refractivity contribution in [1.82, 2.24) is 10.2 Å². The first-order valence-electron chi connectivity index (χ1n) is 11.5. The van der Waals surface area contributed by atoms with E-state index in [4.69, 9.17) is 14.6 Å². The molecule has 2 atom stereocenters. The molecule has 0 saturated carbocycles. The number of methoxy groups -OCH3 is 1. The van der Waals surface area contributed by atoms with Crippen LogP contribution in [-0.4, -0.2) is 66.9 Å². The Morgan fingerprint density at radius 3 is 2.18 bits per heavy atom. The first-order chi connectivity index (χ1) is 16.3. The molecule has 0 spiro atoms. The van der Waals surface area contributed by atoms with Crippen LogP contribution in [0.15, 0.2) is 48.5 Å². The van der Waals surface area contributed by atoms with Crippen LogP contribution < -0.4 is 5.32 Å². The molecular formula is C26H32N2O6. The van der Waals surface area contributed by atoms with Crippen molar-refractivity contribution in [3.05, 3.63) is 59.7 Å². The van der Waals surface area contributed by atoms with Gasteiger partial charge in [-0.1, -0.05) is 48.5 Å². The van der Waals surface area contributed by atoms with Crippen LogP contribution in [0.5, 0.6) is 0 Å². The number of likely N-dealkylation sites (N-methyl/N-ethyl adjacent to an activating group) is 1. The number of carbonyl (C=O) groups excluding carboxylic acids is 2. The monoisotopic (exact) mass is 468 g/mol. The lowest BCUT2D eigenvalue weighted by molar-refractivity contribution is -0.138. The minimum atomic E-state index is -1.04. The van der Waals surface area contributed by atoms with Gasteiger partial charge in [-0.3, -0.25) is 9.59 Å². The van der Waals surface area contributed by atoms with E-state index >= 15 is 0 Å². The first-order valence-corrected chi connectivity index (χ1v) is 11.5. The van der Waals surface area contributed by atoms with E-state index in [0.29, 0.717) is 13.1 Å². The molecule has 1 aliphatic carbocycles. The van der Waals surface area contributed by atoms with E-state index in [0.717, 1.165) is 22.3 Å². The number of hydrogen-bond donors (Lipinski definition) is 2. The predicted octanol–water partition coefficient (Wildman–Crippen LogP) is 3.64. The summed E-state index contributed by atoms with van der Waals surface area (Å²) in [7, 11) is 1.56. The minimum absolute atomic E-state index is 0.0315. The fourth-order valence-corrected chi connectivity index (χ4v) is 4.29. The van der Waals surface area contributed by atoms with Crippen molar-refractivity contribution in [3.8, 4) is 11.1 Å². The summed E-state index contributed by atoms with van der Waals surface area (Å²) >= 11 is 0. The molecule has 0 heterocycles. The van der Waals surface area contributed by atoms with Crippen molar-refractivity contribution in [3.63, 3.8) is 0 Å². The Labute approximate surface area is 199 Å². The quantitative estimate of drug-likeness (QED) is 0.522. The lowest BCUT2D eigenvalue weighted by Crippen LogP contribution is -2.50. The Balaban J connectivity index is 1.69. The number of alkyl carbamates (subject to hydrolysis) is 1. The molecule has 2 aromatic rings. The van der Waals surface area contributed by atoms with Gasteiger partial charge in [0.15, 0.2) is 0 Å². The summed E-state index contributed by atoms with van der Waals surface area (Å²) in [5.74, 6) is -1.51. The van der Waals surface area contributed by atoms with Crippen molar-refractivity contribution in [2.75, 3.05) is 26.8 Å². The number of carboxylic acids is 1. The minimum Gasteiger partial charge on any atom is -0.481 e. The Kier molecular flexibility index (Phi) is 8.65. The van der Waals surface area contributed by atoms with Gasteiger partial charge in [-0.25, -0.2) is 4.79 Å². The van der Waals surface area contributed by atoms with Gasteiger partial charge in [0.2, 0.25) is 5.91 Å². The summed E-state index contributed by atoms with van der Waals surface area (Å²) in [5, 5.41) is 11.7. The molecule has 8 nitrogen and oxygen atoms in total. The number of amides is 2. The van der Waals surface area contributed by atoms with Crippen LogP contribution in [0.25, 0.3) is 11.1 Å². The molecule has 0 bridgehead atoms. The Morgan fingerprint density at radius 1 is 1.06 bits per heavy atom. The highest BCUT2D eigenvalue weighted by Gasteiger charge is 2.31. The fraction of sp³-hybridized carbons (Fsp3) is 0.423. The zero-order valence-corrected chi connectivity index (χ0v) is 19.8. The number of hydrogen-bond acceptors (Lipinski definition) is 5. The van der Waals surface area contributed by atoms with Crippen LogP contribution >= 0.6 is 0 Å². The molecule has 2 N–H and O–H groups in total. The van der Waals surface area contributed by atoms with Gasteiger partial charge in [-0.15, -0.1) is 0 Å². The predicted molar refractivity (Wildman–Crippen MR) is 128 cm³/mol. The topological polar surface area (TPSA) is 105 Å². The van der Waals surface area contributed by atoms with Gasteiger partial charge < -0.3 is 24.8 Å². The molecule has 2 aromatic carbocycles. The average Bonchev–Trinajstić information content (AvgIpc) is 3.16. The summed E-state index contributed by atoms with van der Waals surface area (Å²) < 4.78 is 10.8. The molecule has 0 aliphatic heterocycles. The molecule has 2 amide bonds. The van der Waals surface area contributed by atoms with E-state index in [1.54, 1.807) is 12.0 Å². The molecule has 0 fully saturated rings. The number of rotatable bonds is 11. The molecule has 0 aromatic heterocycles. The third-order valence-electron chi connectivity index (χ3n) is 6.15. The third kappa shape index (κ3) is 5.94. The Bertz CT molecular complexity index is 978. The average molecular weight is 469 g/mol. The van der Waals surface area contributed by atoms with Crippen molar-refractivity contribution in [2.24, 2.45) is 0 Å². The zero-order valence-electron chi connectivity index (χ0n) is 19.8. The number of nitrogens with one attached hydrogen (secondary N) is 1. The van der Waals surface area contributed by atoms with E-state index in [9.17, 15) is 14.4 Å². The number of carbonyl (C=O) groups is 3. The smallest absolute Gasteiger partial charge is 0.407 e. The molecule has 34 heavy (non-hydrogen) atoms. The lowest BCUT2D eigenvalue weighted by atomic mass is 9.98. The summed E-state index contributed by atoms with van der Waals surface area (Å²) in [4.78, 5) is 38.4. The summed E-state index contributed by atoms with van der Waals surface area (Å²) in [6, 6.07) is 15.0. The van der Waals surface area contributed by atoms with E-state index in [1.807, 2.05) is 50.2 Å². The summed E-state index contributed by atoms with van der Waals surface area (Å²) in [5.41, 5.74) is 4.40. The third-order valence-corrected chi connectivity index (χ3v) is 6.15. The number of benzene rings is 2. The molecule has 3 rings (SSSR count). The van der Waals surface area contributed by atoms with Gasteiger partial charge in [0.05, 0.1) is 6.10 Å². The maximum Gasteiger partial charge on any atom is 0.407 e. The van der Waals surface area contributed by atoms with Crippen LogP contribution in [0.2, 0.25) is 0 Å². The molecule has 0 radical (unpaired) electrons. The molecule has 0 saturated heterocycles. The molecule has 182 valence electrons. The van der Waals surface area contributed by atoms with Crippen LogP contribution in [0, 0.1) is 0 Å². The standard InChI is InChI=1S/C26H32N2O6/c1-4-28(15-17(2)33-3)25(31)23(13-14-24(29)30)27-26(32)34-16-22-20-11-7-5-9-18(20)19-10-6-8-12-21(19)22/h5-12,17,22-23H,4,13-16H2,1-3H3,(H,27,32)(H,29,30). The highest BCUT2D eigenvalue weighted by atomic mass is 16.5. The van der Waals surface area contributed by atoms with Gasteiger partial charge in [-0.05, 0) is 42.5 Å². The number of ether oxygens (including phenoxy) is 2. The van der Waals surface area contributed by atoms with E-state index in [1.165, 1.54) is 0 Å². The van der Waals surface area contributed by atoms with Gasteiger partial charge in [0, 0.05) is 32.5 Å². The van der Waals surface area contributed by atoms with Crippen LogP contribution in [-0.2, 0) is 19.1 Å². The number of nitrogens with zero attached hydrogens (tertiary/aromatic N) is 1. The molecular weight excluding hydrogens is 436 g/mol. The number of aliphatic carboxylic acids is 1. The maximum absolute atomic E-state index is 13.1. The number of carboxylic acid groups (broad SMARTS) is 1. The molecule has 1 aliphatic rings. The summed E-state index contributed by atoms with van der Waals surface area (Å²) in [6.07, 6.45) is -1.23. The second-order valence-corrected chi connectivity index (χ2v) is 8.38. The van der Waals surface area contributed by atoms with Gasteiger partial charge >= 0.3 is 12.1 Å². The van der Waals surface area contributed by atoms with Crippen LogP contribution in [0.1, 0.15) is 43.7 Å². The summed E-state index contributed by atoms with van der Waals surface area (Å²) in [6.45, 7) is 4.51. The van der Waals surface area contributed by atoms with Crippen molar-refractivity contribution < 1.29 is 29.0 Å². The SMILES string of the molecule is CCN(CC(C)OC)C(=O)C(CCC(=O)O)NC(=O)OCC1c2ccccc2-c2ccccc21. The van der Waals surface area contributed by atoms with Crippen molar-refractivity contribution in [1.29, 1.82) is 0 Å². The highest BCUT2D eigenvalue weighted by Crippen LogP contribution is 2.44. The Hall–Kier alpha value is -3.39. The van der Waals surface area contributed by atoms with Crippen molar-refractivity contribution >= 4 is 18.0 Å². The van der Waals surface area contributed by atoms with Gasteiger partial charge in [0.1, 0.15) is 12.6 Å². The second-order valence-electron chi connectivity index (χ2n) is 8.38. The molecule has 2 unspecified atom stereocenters. The first kappa shape index (κ1) is 25.2. The normalized spacial score (nSPS) is 14.0. The maximum atomic E-state index is 13.1. The highest BCUT2D eigenvalue weighted by molar-refractivity contribution is 5.86. The molecule has 8 heteroatoms. The largest absolute Gasteiger partial charge is 0.481 e. The van der Waals surface area contributed by atoms with Crippen LogP contribution in [0.4, 0.5) is 4.79 Å². The fourth-order valence-electron chi connectivity index (χ4n) is 4.29. The van der Waals surface area contributed by atoms with Crippen molar-refractivity contribution in [2.45, 2.75) is 44.8 Å². The van der Waals surface area contributed by atoms with E-state index in [2.05, 4.69) is 17.4 Å². The zero-order chi connectivity index (χ0) is 24.7. The van der Waals surface area contributed by atoms with Gasteiger partial charge in [-0.2, -0.15) is 0 Å². The van der Waals surface area contributed by atoms with E-state index < -0.39 is 18.1 Å². The van der Waals surface area contributed by atoms with Gasteiger partial charge in [0.25, 0.3) is 0 Å². The number of fused-ring (bicyclic) bond motifs is 3. The Morgan fingerprint density at radius 2 is 1.65 bits per heavy atom.